The maximum atomic E-state index is 14.2. The van der Waals surface area contributed by atoms with Gasteiger partial charge in [0.15, 0.2) is 0 Å². The van der Waals surface area contributed by atoms with E-state index in [2.05, 4.69) is 21.2 Å². The molecule has 15 heteroatoms. The number of carbonyl (C=O) groups is 3. The Balaban J connectivity index is 1.72. The van der Waals surface area contributed by atoms with Crippen molar-refractivity contribution in [3.8, 4) is 6.07 Å². The number of pyridine rings is 1. The number of ether oxygens (including phenoxy) is 1. The third-order valence-corrected chi connectivity index (χ3v) is 6.97. The number of nitrogens with zero attached hydrogens (tertiary/aromatic N) is 4. The Morgan fingerprint density at radius 3 is 2.28 bits per heavy atom. The van der Waals surface area contributed by atoms with Gasteiger partial charge in [-0.3, -0.25) is 20.4 Å². The number of aromatic nitrogens is 1. The number of hydrogen-bond donors (Lipinski definition) is 3. The van der Waals surface area contributed by atoms with Crippen molar-refractivity contribution in [2.75, 3.05) is 11.4 Å². The van der Waals surface area contributed by atoms with Gasteiger partial charge < -0.3 is 19.9 Å². The largest absolute Gasteiger partial charge is 0.444 e. The first-order valence-electron chi connectivity index (χ1n) is 14.2. The van der Waals surface area contributed by atoms with Crippen LogP contribution in [-0.4, -0.2) is 39.9 Å². The number of anilines is 1. The Bertz CT molecular complexity index is 1720. The van der Waals surface area contributed by atoms with Crippen molar-refractivity contribution >= 4 is 35.2 Å². The van der Waals surface area contributed by atoms with Gasteiger partial charge in [-0.1, -0.05) is 29.8 Å². The standard InChI is InChI=1S/C32H31ClF3N7O4/c1-19-22(9-14-25(39-19)32(34,35)36)17-42-18-26(40-41-27(44)16-38-30(46)47-31(2,3)4)43(24-12-10-23(33)11-13-24)28(29(42)45)21-7-5-20(15-37)6-8-21/h5-14,18,28,40H,16-17H2,1-4H3,(H,38,46)(H,41,44). The van der Waals surface area contributed by atoms with Crippen LogP contribution in [0.2, 0.25) is 5.02 Å². The molecule has 3 N–H and O–H groups in total. The first kappa shape index (κ1) is 34.6. The monoisotopic (exact) mass is 669 g/mol. The van der Waals surface area contributed by atoms with Gasteiger partial charge in [0.25, 0.3) is 11.8 Å². The summed E-state index contributed by atoms with van der Waals surface area (Å²) in [5, 5.41) is 12.1. The van der Waals surface area contributed by atoms with E-state index in [4.69, 9.17) is 16.3 Å². The van der Waals surface area contributed by atoms with Gasteiger partial charge in [-0.15, -0.1) is 0 Å². The molecule has 0 saturated heterocycles. The summed E-state index contributed by atoms with van der Waals surface area (Å²) in [6, 6.07) is 15.9. The molecule has 3 amide bonds. The zero-order chi connectivity index (χ0) is 34.5. The summed E-state index contributed by atoms with van der Waals surface area (Å²) < 4.78 is 45.0. The van der Waals surface area contributed by atoms with Gasteiger partial charge in [0, 0.05) is 22.6 Å². The third kappa shape index (κ3) is 8.92. The highest BCUT2D eigenvalue weighted by Crippen LogP contribution is 2.37. The Morgan fingerprint density at radius 1 is 1.04 bits per heavy atom. The lowest BCUT2D eigenvalue weighted by molar-refractivity contribution is -0.141. The Morgan fingerprint density at radius 2 is 1.70 bits per heavy atom. The fourth-order valence-electron chi connectivity index (χ4n) is 4.56. The quantitative estimate of drug-likeness (QED) is 0.269. The first-order valence-corrected chi connectivity index (χ1v) is 14.6. The number of aryl methyl sites for hydroxylation is 1. The third-order valence-electron chi connectivity index (χ3n) is 6.72. The van der Waals surface area contributed by atoms with E-state index in [0.29, 0.717) is 27.4 Å². The second kappa shape index (κ2) is 14.0. The molecule has 0 aliphatic carbocycles. The molecule has 1 atom stereocenters. The zero-order valence-corrected chi connectivity index (χ0v) is 26.5. The Kier molecular flexibility index (Phi) is 10.3. The van der Waals surface area contributed by atoms with Crippen molar-refractivity contribution in [1.29, 1.82) is 5.26 Å². The molecule has 0 radical (unpaired) electrons. The molecule has 1 unspecified atom stereocenters. The van der Waals surface area contributed by atoms with Gasteiger partial charge in [-0.05, 0) is 81.3 Å². The highest BCUT2D eigenvalue weighted by Gasteiger charge is 2.39. The smallest absolute Gasteiger partial charge is 0.433 e. The van der Waals surface area contributed by atoms with Crippen LogP contribution < -0.4 is 21.1 Å². The summed E-state index contributed by atoms with van der Waals surface area (Å²) in [7, 11) is 0. The number of hydrogen-bond acceptors (Lipinski definition) is 8. The van der Waals surface area contributed by atoms with Crippen LogP contribution in [0.1, 0.15) is 54.9 Å². The molecule has 1 aromatic heterocycles. The number of nitriles is 1. The molecule has 1 aliphatic heterocycles. The number of halogens is 4. The molecule has 2 heterocycles. The molecule has 1 aliphatic rings. The summed E-state index contributed by atoms with van der Waals surface area (Å²) in [5.41, 5.74) is 5.22. The van der Waals surface area contributed by atoms with Gasteiger partial charge in [0.1, 0.15) is 29.7 Å². The van der Waals surface area contributed by atoms with Crippen LogP contribution in [0, 0.1) is 18.3 Å². The molecule has 4 rings (SSSR count). The minimum Gasteiger partial charge on any atom is -0.444 e. The number of hydrazine groups is 1. The van der Waals surface area contributed by atoms with Crippen LogP contribution in [-0.2, 0) is 27.0 Å². The van der Waals surface area contributed by atoms with Gasteiger partial charge >= 0.3 is 12.3 Å². The summed E-state index contributed by atoms with van der Waals surface area (Å²) in [6.07, 6.45) is -4.04. The predicted molar refractivity (Wildman–Crippen MR) is 166 cm³/mol. The summed E-state index contributed by atoms with van der Waals surface area (Å²) >= 11 is 6.14. The van der Waals surface area contributed by atoms with E-state index >= 15 is 0 Å². The van der Waals surface area contributed by atoms with Gasteiger partial charge in [-0.2, -0.15) is 18.4 Å². The van der Waals surface area contributed by atoms with E-state index in [1.165, 1.54) is 24.1 Å². The van der Waals surface area contributed by atoms with E-state index in [0.717, 1.165) is 6.07 Å². The molecular weight excluding hydrogens is 639 g/mol. The average molecular weight is 670 g/mol. The summed E-state index contributed by atoms with van der Waals surface area (Å²) in [4.78, 5) is 45.6. The van der Waals surface area contributed by atoms with Crippen molar-refractivity contribution in [2.45, 2.75) is 52.1 Å². The number of amides is 3. The molecule has 11 nitrogen and oxygen atoms in total. The lowest BCUT2D eigenvalue weighted by Gasteiger charge is -2.41. The normalized spacial score (nSPS) is 15.0. The Hall–Kier alpha value is -5.29. The molecule has 3 aromatic rings. The van der Waals surface area contributed by atoms with Gasteiger partial charge in [0.2, 0.25) is 0 Å². The fourth-order valence-corrected chi connectivity index (χ4v) is 4.69. The van der Waals surface area contributed by atoms with Gasteiger partial charge in [-0.25, -0.2) is 9.78 Å². The number of rotatable bonds is 8. The highest BCUT2D eigenvalue weighted by molar-refractivity contribution is 6.30. The molecular formula is C32H31ClF3N7O4. The second-order valence-electron chi connectivity index (χ2n) is 11.4. The van der Waals surface area contributed by atoms with Gasteiger partial charge in [0.05, 0.1) is 18.2 Å². The van der Waals surface area contributed by atoms with Crippen molar-refractivity contribution in [3.05, 3.63) is 106 Å². The number of alkyl carbamates (subject to hydrolysis) is 1. The first-order chi connectivity index (χ1) is 22.1. The highest BCUT2D eigenvalue weighted by atomic mass is 35.5. The molecule has 47 heavy (non-hydrogen) atoms. The van der Waals surface area contributed by atoms with Crippen molar-refractivity contribution in [2.24, 2.45) is 0 Å². The molecule has 246 valence electrons. The Labute approximate surface area is 273 Å². The molecule has 0 spiro atoms. The lowest BCUT2D eigenvalue weighted by Crippen LogP contribution is -2.53. The van der Waals surface area contributed by atoms with E-state index in [-0.39, 0.29) is 18.1 Å². The number of carbonyl (C=O) groups excluding carboxylic acids is 3. The summed E-state index contributed by atoms with van der Waals surface area (Å²) in [6.45, 7) is 5.83. The van der Waals surface area contributed by atoms with Crippen LogP contribution in [0.25, 0.3) is 0 Å². The SMILES string of the molecule is Cc1nc(C(F)(F)F)ccc1CN1C=C(NNC(=O)CNC(=O)OC(C)(C)C)N(c2ccc(Cl)cc2)C(c2ccc(C#N)cc2)C1=O. The maximum Gasteiger partial charge on any atom is 0.433 e. The fraction of sp³-hybridized carbons (Fsp3) is 0.281. The molecule has 2 aromatic carbocycles. The minimum atomic E-state index is -4.64. The predicted octanol–water partition coefficient (Wildman–Crippen LogP) is 5.47. The van der Waals surface area contributed by atoms with E-state index in [1.54, 1.807) is 74.2 Å². The van der Waals surface area contributed by atoms with E-state index < -0.39 is 48.0 Å². The van der Waals surface area contributed by atoms with Crippen molar-refractivity contribution < 1.29 is 32.3 Å². The van der Waals surface area contributed by atoms with Crippen LogP contribution >= 0.6 is 11.6 Å². The molecule has 0 fully saturated rings. The maximum absolute atomic E-state index is 14.2. The zero-order valence-electron chi connectivity index (χ0n) is 25.8. The topological polar surface area (TPSA) is 140 Å². The van der Waals surface area contributed by atoms with Crippen molar-refractivity contribution in [3.63, 3.8) is 0 Å². The van der Waals surface area contributed by atoms with Crippen LogP contribution in [0.15, 0.2) is 72.7 Å². The van der Waals surface area contributed by atoms with E-state index in [1.807, 2.05) is 6.07 Å². The molecule has 0 bridgehead atoms. The second-order valence-corrected chi connectivity index (χ2v) is 11.9. The van der Waals surface area contributed by atoms with Crippen LogP contribution in [0.5, 0.6) is 0 Å². The van der Waals surface area contributed by atoms with Crippen molar-refractivity contribution in [1.82, 2.24) is 26.1 Å². The number of alkyl halides is 3. The van der Waals surface area contributed by atoms with Crippen LogP contribution in [0.3, 0.4) is 0 Å². The van der Waals surface area contributed by atoms with E-state index in [9.17, 15) is 32.8 Å². The summed E-state index contributed by atoms with van der Waals surface area (Å²) in [5.74, 6) is -0.939. The number of nitrogens with one attached hydrogen (secondary N) is 3. The average Bonchev–Trinajstić information content (AvgIpc) is 3.00. The van der Waals surface area contributed by atoms with Crippen LogP contribution in [0.4, 0.5) is 23.7 Å². The number of benzene rings is 2. The molecule has 0 saturated carbocycles. The lowest BCUT2D eigenvalue weighted by atomic mass is 9.99. The minimum absolute atomic E-state index is 0.0760.